The zero-order valence-corrected chi connectivity index (χ0v) is 21.8. The number of aromatic nitrogens is 1. The molecule has 6 heteroatoms. The number of rotatable bonds is 3. The van der Waals surface area contributed by atoms with Crippen LogP contribution in [0.4, 0.5) is 0 Å². The SMILES string of the molecule is [CH-]=O.[CH-]=O.[CH-]=O.[CH2-]c1cccc2cc3cccc([PH+](c4ccccc4)c4ccccc4)c3nc12.[Mo+4]. The standard InChI is InChI=1S/C26H19NP.3CHO.Mo/c1-19-10-8-11-20-18-21-12-9-17-24(26(21)27-25(19)20)28(22-13-4-2-5-14-22)23-15-6-3-7-16-23;3*1-2;/h2-18H,1H2;3*1H;/q4*-1;+4/p+1. The topological polar surface area (TPSA) is 64.1 Å². The molecule has 0 amide bonds. The van der Waals surface area contributed by atoms with E-state index in [-0.39, 0.29) is 21.1 Å². The molecule has 1 heterocycles. The molecule has 0 fully saturated rings. The van der Waals surface area contributed by atoms with Crippen molar-refractivity contribution in [2.45, 2.75) is 0 Å². The van der Waals surface area contributed by atoms with Gasteiger partial charge in [0.1, 0.15) is 23.8 Å². The fourth-order valence-corrected chi connectivity index (χ4v) is 6.54. The Morgan fingerprint density at radius 2 is 1.03 bits per heavy atom. The Balaban J connectivity index is 0.000000816. The number of fused-ring (bicyclic) bond motifs is 2. The van der Waals surface area contributed by atoms with Gasteiger partial charge in [-0.2, -0.15) is 18.6 Å². The summed E-state index contributed by atoms with van der Waals surface area (Å²) in [7, 11) is -1.17. The van der Waals surface area contributed by atoms with Crippen molar-refractivity contribution in [3.63, 3.8) is 0 Å². The van der Waals surface area contributed by atoms with Crippen LogP contribution in [0.15, 0.2) is 103 Å². The second-order valence-electron chi connectivity index (χ2n) is 6.96. The Morgan fingerprint density at radius 3 is 1.54 bits per heavy atom. The predicted octanol–water partition coefficient (Wildman–Crippen LogP) is 4.24. The van der Waals surface area contributed by atoms with Gasteiger partial charge >= 0.3 is 21.1 Å². The van der Waals surface area contributed by atoms with Crippen molar-refractivity contribution >= 4 is 66.0 Å². The van der Waals surface area contributed by atoms with Gasteiger partial charge in [0.15, 0.2) is 0 Å². The van der Waals surface area contributed by atoms with Crippen LogP contribution in [-0.2, 0) is 35.4 Å². The molecule has 0 atom stereocenters. The van der Waals surface area contributed by atoms with Gasteiger partial charge in [-0.25, -0.2) is 0 Å². The minimum absolute atomic E-state index is 0. The van der Waals surface area contributed by atoms with E-state index in [1.165, 1.54) is 21.3 Å². The molecule has 0 aliphatic heterocycles. The van der Waals surface area contributed by atoms with Crippen LogP contribution in [0.25, 0.3) is 21.8 Å². The second-order valence-corrected chi connectivity index (χ2v) is 9.40. The molecule has 172 valence electrons. The van der Waals surface area contributed by atoms with Crippen LogP contribution >= 0.6 is 7.92 Å². The van der Waals surface area contributed by atoms with Gasteiger partial charge in [0.2, 0.25) is 0 Å². The van der Waals surface area contributed by atoms with Crippen LogP contribution < -0.4 is 15.9 Å². The van der Waals surface area contributed by atoms with Crippen LogP contribution in [0.1, 0.15) is 5.56 Å². The molecule has 1 aromatic heterocycles. The number of hydrogen-bond donors (Lipinski definition) is 0. The van der Waals surface area contributed by atoms with Gasteiger partial charge in [-0.05, 0) is 35.8 Å². The maximum atomic E-state index is 7.75. The summed E-state index contributed by atoms with van der Waals surface area (Å²) in [5.41, 5.74) is 3.06. The van der Waals surface area contributed by atoms with Crippen molar-refractivity contribution in [3.05, 3.63) is 116 Å². The molecule has 4 aromatic carbocycles. The minimum atomic E-state index is -1.17. The number of benzene rings is 4. The van der Waals surface area contributed by atoms with E-state index in [4.69, 9.17) is 19.4 Å². The number of carbonyl (C=O) groups excluding carboxylic acids is 3. The second kappa shape index (κ2) is 15.5. The van der Waals surface area contributed by atoms with Crippen molar-refractivity contribution in [2.75, 3.05) is 0 Å². The largest absolute Gasteiger partial charge is 4.00 e. The van der Waals surface area contributed by atoms with E-state index in [1.54, 1.807) is 0 Å². The third-order valence-electron chi connectivity index (χ3n) is 5.15. The maximum absolute atomic E-state index is 7.75. The Kier molecular flexibility index (Phi) is 13.1. The summed E-state index contributed by atoms with van der Waals surface area (Å²) in [4.78, 5) is 28.4. The van der Waals surface area contributed by atoms with Crippen LogP contribution in [0, 0.1) is 6.92 Å². The average Bonchev–Trinajstić information content (AvgIpc) is 2.93. The Morgan fingerprint density at radius 1 is 0.571 bits per heavy atom. The summed E-state index contributed by atoms with van der Waals surface area (Å²) in [5, 5.41) is 6.40. The van der Waals surface area contributed by atoms with Gasteiger partial charge in [-0.15, -0.1) is 6.07 Å². The molecule has 0 spiro atoms. The molecule has 0 aliphatic rings. The summed E-state index contributed by atoms with van der Waals surface area (Å²) in [6.45, 7) is 13.9. The summed E-state index contributed by atoms with van der Waals surface area (Å²) in [6, 6.07) is 36.7. The molecular weight excluding hydrogens is 537 g/mol. The quantitative estimate of drug-likeness (QED) is 0.109. The summed E-state index contributed by atoms with van der Waals surface area (Å²) < 4.78 is 0. The molecule has 4 nitrogen and oxygen atoms in total. The summed E-state index contributed by atoms with van der Waals surface area (Å²) in [5.74, 6) is 0. The zero-order valence-electron chi connectivity index (χ0n) is 18.8. The molecule has 0 bridgehead atoms. The fourth-order valence-electron chi connectivity index (χ4n) is 3.84. The van der Waals surface area contributed by atoms with Crippen LogP contribution in [-0.4, -0.2) is 25.4 Å². The van der Waals surface area contributed by atoms with Gasteiger partial charge in [0, 0.05) is 5.39 Å². The van der Waals surface area contributed by atoms with Crippen LogP contribution in [0.2, 0.25) is 0 Å². The van der Waals surface area contributed by atoms with Crippen molar-refractivity contribution < 1.29 is 35.4 Å². The van der Waals surface area contributed by atoms with E-state index in [0.717, 1.165) is 22.0 Å². The molecule has 0 unspecified atom stereocenters. The monoisotopic (exact) mass is 562 g/mol. The van der Waals surface area contributed by atoms with Gasteiger partial charge in [-0.3, -0.25) is 20.4 Å². The molecule has 0 saturated heterocycles. The van der Waals surface area contributed by atoms with E-state index in [0.29, 0.717) is 0 Å². The van der Waals surface area contributed by atoms with Gasteiger partial charge in [0.25, 0.3) is 0 Å². The van der Waals surface area contributed by atoms with Gasteiger partial charge in [0.05, 0.1) is 5.52 Å². The fraction of sp³-hybridized carbons (Fsp3) is 0. The normalized spacial score (nSPS) is 9.40. The number of hydrogen-bond acceptors (Lipinski definition) is 4. The van der Waals surface area contributed by atoms with Gasteiger partial charge in [-0.1, -0.05) is 66.0 Å². The number of pyridine rings is 1. The van der Waals surface area contributed by atoms with Crippen molar-refractivity contribution in [1.29, 1.82) is 0 Å². The van der Waals surface area contributed by atoms with Gasteiger partial charge < -0.3 is 19.4 Å². The first-order chi connectivity index (χ1) is 16.8. The van der Waals surface area contributed by atoms with E-state index in [2.05, 4.69) is 118 Å². The molecule has 5 rings (SSSR count). The minimum Gasteiger partial charge on any atom is -0.545 e. The molecule has 0 saturated carbocycles. The molecule has 35 heavy (non-hydrogen) atoms. The van der Waals surface area contributed by atoms with Crippen LogP contribution in [0.5, 0.6) is 0 Å². The van der Waals surface area contributed by atoms with Crippen molar-refractivity contribution in [3.8, 4) is 0 Å². The smallest absolute Gasteiger partial charge is 0.545 e. The Labute approximate surface area is 221 Å². The molecule has 0 radical (unpaired) electrons. The predicted molar refractivity (Wildman–Crippen MR) is 144 cm³/mol. The van der Waals surface area contributed by atoms with E-state index in [9.17, 15) is 0 Å². The third-order valence-corrected chi connectivity index (χ3v) is 7.91. The molecule has 5 aromatic rings. The summed E-state index contributed by atoms with van der Waals surface area (Å²) >= 11 is 0. The third kappa shape index (κ3) is 6.79. The molecular formula is C29H23MoNO3P+. The first-order valence-electron chi connectivity index (χ1n) is 10.1. The summed E-state index contributed by atoms with van der Waals surface area (Å²) in [6.07, 6.45) is 0. The maximum Gasteiger partial charge on any atom is 4.00 e. The Bertz CT molecular complexity index is 1290. The molecule has 0 N–H and O–H groups in total. The number of para-hydroxylation sites is 2. The van der Waals surface area contributed by atoms with E-state index >= 15 is 0 Å². The Hall–Kier alpha value is -3.45. The van der Waals surface area contributed by atoms with E-state index < -0.39 is 7.92 Å². The first-order valence-corrected chi connectivity index (χ1v) is 11.6. The van der Waals surface area contributed by atoms with Crippen molar-refractivity contribution in [2.24, 2.45) is 0 Å². The van der Waals surface area contributed by atoms with Crippen LogP contribution in [0.3, 0.4) is 0 Å². The molecule has 0 aliphatic carbocycles. The zero-order chi connectivity index (χ0) is 24.9. The first kappa shape index (κ1) is 29.6. The number of nitrogens with zero attached hydrogens (tertiary/aromatic N) is 1. The van der Waals surface area contributed by atoms with E-state index in [1.807, 2.05) is 12.1 Å². The average molecular weight is 560 g/mol. The van der Waals surface area contributed by atoms with Crippen molar-refractivity contribution in [1.82, 2.24) is 4.98 Å².